The van der Waals surface area contributed by atoms with E-state index in [4.69, 9.17) is 0 Å². The van der Waals surface area contributed by atoms with Crippen molar-refractivity contribution in [1.82, 2.24) is 4.98 Å². The van der Waals surface area contributed by atoms with Crippen LogP contribution < -0.4 is 0 Å². The standard InChI is InChI=1S/C9H7N.C8H5NO/c1-2-6-9-8(4-1)5-3-7-10-9;10-8-7-4-2-1-3-6(7)5-9-8/h1-7H;1-5H. The second kappa shape index (κ2) is 5.45. The maximum Gasteiger partial charge on any atom is 0.277 e. The monoisotopic (exact) mass is 260 g/mol. The highest BCUT2D eigenvalue weighted by atomic mass is 16.1. The molecule has 3 heteroatoms. The van der Waals surface area contributed by atoms with E-state index in [0.717, 1.165) is 11.1 Å². The van der Waals surface area contributed by atoms with Crippen molar-refractivity contribution in [3.63, 3.8) is 0 Å². The van der Waals surface area contributed by atoms with E-state index >= 15 is 0 Å². The number of aromatic nitrogens is 1. The number of fused-ring (bicyclic) bond motifs is 2. The van der Waals surface area contributed by atoms with E-state index in [1.165, 1.54) is 5.39 Å². The Labute approximate surface area is 116 Å². The van der Waals surface area contributed by atoms with Gasteiger partial charge in [0.25, 0.3) is 5.91 Å². The number of hydrogen-bond acceptors (Lipinski definition) is 2. The largest absolute Gasteiger partial charge is 0.277 e. The lowest BCUT2D eigenvalue weighted by Gasteiger charge is -1.91. The lowest BCUT2D eigenvalue weighted by atomic mass is 10.1. The minimum atomic E-state index is -0.129. The molecule has 4 rings (SSSR count). The van der Waals surface area contributed by atoms with Gasteiger partial charge in [0.05, 0.1) is 11.1 Å². The molecule has 1 aromatic heterocycles. The van der Waals surface area contributed by atoms with Gasteiger partial charge in [0.2, 0.25) is 0 Å². The summed E-state index contributed by atoms with van der Waals surface area (Å²) in [7, 11) is 0. The number of hydrogen-bond donors (Lipinski definition) is 0. The summed E-state index contributed by atoms with van der Waals surface area (Å²) in [6, 6.07) is 19.5. The van der Waals surface area contributed by atoms with Gasteiger partial charge >= 0.3 is 0 Å². The highest BCUT2D eigenvalue weighted by molar-refractivity contribution is 6.12. The molecule has 3 aromatic rings. The molecular weight excluding hydrogens is 248 g/mol. The van der Waals surface area contributed by atoms with Crippen LogP contribution >= 0.6 is 0 Å². The quantitative estimate of drug-likeness (QED) is 0.621. The van der Waals surface area contributed by atoms with E-state index in [1.807, 2.05) is 48.7 Å². The molecule has 1 amide bonds. The Hall–Kier alpha value is -2.81. The zero-order valence-electron chi connectivity index (χ0n) is 10.7. The molecule has 0 radical (unpaired) electrons. The van der Waals surface area contributed by atoms with Crippen LogP contribution in [-0.2, 0) is 0 Å². The fourth-order valence-corrected chi connectivity index (χ4v) is 2.02. The molecule has 2 aromatic carbocycles. The summed E-state index contributed by atoms with van der Waals surface area (Å²) < 4.78 is 0. The topological polar surface area (TPSA) is 42.3 Å². The molecule has 3 nitrogen and oxygen atoms in total. The SMILES string of the molecule is O=C1N=Cc2ccccc21.c1ccc2ncccc2c1. The van der Waals surface area contributed by atoms with E-state index in [0.29, 0.717) is 5.56 Å². The van der Waals surface area contributed by atoms with Crippen molar-refractivity contribution in [3.8, 4) is 0 Å². The number of carbonyl (C=O) groups is 1. The molecule has 20 heavy (non-hydrogen) atoms. The van der Waals surface area contributed by atoms with Crippen LogP contribution in [0.3, 0.4) is 0 Å². The van der Waals surface area contributed by atoms with Crippen LogP contribution in [0.5, 0.6) is 0 Å². The molecule has 0 unspecified atom stereocenters. The van der Waals surface area contributed by atoms with Gasteiger partial charge in [-0.2, -0.15) is 0 Å². The third kappa shape index (κ3) is 2.47. The summed E-state index contributed by atoms with van der Waals surface area (Å²) in [6.07, 6.45) is 3.40. The average molecular weight is 260 g/mol. The van der Waals surface area contributed by atoms with Gasteiger partial charge in [0.15, 0.2) is 0 Å². The van der Waals surface area contributed by atoms with Gasteiger partial charge < -0.3 is 0 Å². The first-order valence-corrected chi connectivity index (χ1v) is 6.32. The fraction of sp³-hybridized carbons (Fsp3) is 0. The van der Waals surface area contributed by atoms with Crippen LogP contribution in [-0.4, -0.2) is 17.1 Å². The van der Waals surface area contributed by atoms with Crippen LogP contribution in [0.4, 0.5) is 0 Å². The van der Waals surface area contributed by atoms with Gasteiger partial charge in [-0.3, -0.25) is 9.78 Å². The van der Waals surface area contributed by atoms with Crippen molar-refractivity contribution in [2.75, 3.05) is 0 Å². The highest BCUT2D eigenvalue weighted by Crippen LogP contribution is 2.12. The molecule has 0 atom stereocenters. The first kappa shape index (κ1) is 12.2. The predicted molar refractivity (Wildman–Crippen MR) is 80.1 cm³/mol. The van der Waals surface area contributed by atoms with Gasteiger partial charge in [-0.05, 0) is 18.2 Å². The molecule has 1 aliphatic heterocycles. The van der Waals surface area contributed by atoms with Crippen molar-refractivity contribution in [2.24, 2.45) is 4.99 Å². The van der Waals surface area contributed by atoms with E-state index in [2.05, 4.69) is 22.1 Å². The Morgan fingerprint density at radius 3 is 2.40 bits per heavy atom. The summed E-state index contributed by atoms with van der Waals surface area (Å²) in [6.45, 7) is 0. The summed E-state index contributed by atoms with van der Waals surface area (Å²) in [5.41, 5.74) is 2.69. The number of carbonyl (C=O) groups excluding carboxylic acids is 1. The second-order valence-corrected chi connectivity index (χ2v) is 4.35. The minimum absolute atomic E-state index is 0.129. The molecule has 2 heterocycles. The zero-order valence-corrected chi connectivity index (χ0v) is 10.7. The van der Waals surface area contributed by atoms with Crippen LogP contribution in [0, 0.1) is 0 Å². The number of nitrogens with zero attached hydrogens (tertiary/aromatic N) is 2. The van der Waals surface area contributed by atoms with Gasteiger partial charge in [-0.25, -0.2) is 4.99 Å². The molecule has 0 saturated heterocycles. The molecule has 0 saturated carbocycles. The number of aliphatic imine (C=N–C) groups is 1. The minimum Gasteiger partial charge on any atom is -0.267 e. The Balaban J connectivity index is 0.000000121. The van der Waals surface area contributed by atoms with E-state index in [-0.39, 0.29) is 5.91 Å². The van der Waals surface area contributed by atoms with Crippen LogP contribution in [0.1, 0.15) is 15.9 Å². The molecule has 0 N–H and O–H groups in total. The molecule has 0 fully saturated rings. The number of para-hydroxylation sites is 1. The predicted octanol–water partition coefficient (Wildman–Crippen LogP) is 3.49. The average Bonchev–Trinajstić information content (AvgIpc) is 2.90. The van der Waals surface area contributed by atoms with Crippen LogP contribution in [0.15, 0.2) is 71.9 Å². The van der Waals surface area contributed by atoms with E-state index in [1.54, 1.807) is 12.3 Å². The van der Waals surface area contributed by atoms with Crippen LogP contribution in [0.25, 0.3) is 10.9 Å². The third-order valence-electron chi connectivity index (χ3n) is 3.02. The van der Waals surface area contributed by atoms with Crippen molar-refractivity contribution >= 4 is 23.0 Å². The molecule has 0 aliphatic carbocycles. The van der Waals surface area contributed by atoms with Crippen molar-refractivity contribution in [3.05, 3.63) is 78.0 Å². The number of benzene rings is 2. The third-order valence-corrected chi connectivity index (χ3v) is 3.02. The maximum absolute atomic E-state index is 10.9. The smallest absolute Gasteiger partial charge is 0.267 e. The Morgan fingerprint density at radius 2 is 1.55 bits per heavy atom. The number of amides is 1. The van der Waals surface area contributed by atoms with Crippen molar-refractivity contribution in [2.45, 2.75) is 0 Å². The summed E-state index contributed by atoms with van der Waals surface area (Å²) >= 11 is 0. The normalized spacial score (nSPS) is 11.9. The first-order chi connectivity index (χ1) is 9.84. The first-order valence-electron chi connectivity index (χ1n) is 6.32. The highest BCUT2D eigenvalue weighted by Gasteiger charge is 2.12. The number of pyridine rings is 1. The Bertz CT molecular complexity index is 728. The van der Waals surface area contributed by atoms with E-state index < -0.39 is 0 Å². The summed E-state index contributed by atoms with van der Waals surface area (Å²) in [5, 5.41) is 1.20. The fourth-order valence-electron chi connectivity index (χ4n) is 2.02. The summed E-state index contributed by atoms with van der Waals surface area (Å²) in [5.74, 6) is -0.129. The van der Waals surface area contributed by atoms with Crippen molar-refractivity contribution in [1.29, 1.82) is 0 Å². The van der Waals surface area contributed by atoms with Gasteiger partial charge in [-0.15, -0.1) is 0 Å². The van der Waals surface area contributed by atoms with Crippen molar-refractivity contribution < 1.29 is 4.79 Å². The molecule has 96 valence electrons. The molecule has 0 bridgehead atoms. The second-order valence-electron chi connectivity index (χ2n) is 4.35. The van der Waals surface area contributed by atoms with Gasteiger partial charge in [0, 0.05) is 23.4 Å². The molecule has 1 aliphatic rings. The molecule has 0 spiro atoms. The van der Waals surface area contributed by atoms with Gasteiger partial charge in [-0.1, -0.05) is 42.5 Å². The number of rotatable bonds is 0. The maximum atomic E-state index is 10.9. The van der Waals surface area contributed by atoms with E-state index in [9.17, 15) is 4.79 Å². The summed E-state index contributed by atoms with van der Waals surface area (Å²) in [4.78, 5) is 18.7. The van der Waals surface area contributed by atoms with Gasteiger partial charge in [0.1, 0.15) is 0 Å². The Morgan fingerprint density at radius 1 is 0.800 bits per heavy atom. The zero-order chi connectivity index (χ0) is 13.8. The molecular formula is C17H12N2O. The Kier molecular flexibility index (Phi) is 3.33. The van der Waals surface area contributed by atoms with Crippen LogP contribution in [0.2, 0.25) is 0 Å². The lowest BCUT2D eigenvalue weighted by molar-refractivity contribution is 0.101. The lowest BCUT2D eigenvalue weighted by Crippen LogP contribution is -1.89.